The maximum absolute atomic E-state index is 5.68. The van der Waals surface area contributed by atoms with Gasteiger partial charge in [0.1, 0.15) is 11.4 Å². The molecule has 0 fully saturated rings. The van der Waals surface area contributed by atoms with E-state index in [2.05, 4.69) is 29.2 Å². The summed E-state index contributed by atoms with van der Waals surface area (Å²) in [6.45, 7) is 12.7. The molecule has 0 radical (unpaired) electrons. The van der Waals surface area contributed by atoms with E-state index in [9.17, 15) is 0 Å². The van der Waals surface area contributed by atoms with Crippen molar-refractivity contribution in [3.05, 3.63) is 17.1 Å². The number of aromatic nitrogens is 2. The number of nitrogens with two attached hydrogens (primary N) is 1. The summed E-state index contributed by atoms with van der Waals surface area (Å²) >= 11 is 0. The second kappa shape index (κ2) is 5.63. The quantitative estimate of drug-likeness (QED) is 0.622. The molecule has 0 amide bonds. The number of nitrogens with one attached hydrogen (secondary N) is 1. The van der Waals surface area contributed by atoms with Gasteiger partial charge in [-0.25, -0.2) is 15.8 Å². The van der Waals surface area contributed by atoms with Crippen molar-refractivity contribution in [2.24, 2.45) is 5.84 Å². The van der Waals surface area contributed by atoms with E-state index in [4.69, 9.17) is 10.6 Å². The average molecular weight is 252 g/mol. The first-order valence-electron chi connectivity index (χ1n) is 6.33. The molecule has 1 heterocycles. The molecule has 1 aromatic heterocycles. The number of anilines is 1. The van der Waals surface area contributed by atoms with Crippen LogP contribution in [0.15, 0.2) is 0 Å². The van der Waals surface area contributed by atoms with Crippen molar-refractivity contribution in [1.82, 2.24) is 9.97 Å². The molecule has 5 heteroatoms. The lowest BCUT2D eigenvalue weighted by Gasteiger charge is -2.25. The molecular formula is C13H24N4O. The van der Waals surface area contributed by atoms with Crippen molar-refractivity contribution in [3.8, 4) is 0 Å². The fraction of sp³-hybridized carbons (Fsp3) is 0.692. The van der Waals surface area contributed by atoms with Gasteiger partial charge in [-0.1, -0.05) is 13.8 Å². The minimum atomic E-state index is -0.513. The number of nitrogens with zero attached hydrogens (tertiary/aromatic N) is 2. The lowest BCUT2D eigenvalue weighted by Crippen LogP contribution is -2.27. The minimum Gasteiger partial charge on any atom is -0.368 e. The summed E-state index contributed by atoms with van der Waals surface area (Å²) in [6, 6.07) is 0. The highest BCUT2D eigenvalue weighted by atomic mass is 16.5. The molecule has 102 valence electrons. The van der Waals surface area contributed by atoms with E-state index in [-0.39, 0.29) is 0 Å². The molecule has 0 bridgehead atoms. The monoisotopic (exact) mass is 252 g/mol. The molecule has 0 unspecified atom stereocenters. The van der Waals surface area contributed by atoms with E-state index in [1.54, 1.807) is 0 Å². The van der Waals surface area contributed by atoms with E-state index in [1.807, 2.05) is 27.7 Å². The Morgan fingerprint density at radius 3 is 2.39 bits per heavy atom. The van der Waals surface area contributed by atoms with Gasteiger partial charge in [-0.2, -0.15) is 0 Å². The SMILES string of the molecule is CCOC(C)(C)c1nc(C)c(C(C)C)c(NN)n1. The van der Waals surface area contributed by atoms with Crippen molar-refractivity contribution < 1.29 is 4.74 Å². The molecule has 0 saturated heterocycles. The topological polar surface area (TPSA) is 73.1 Å². The van der Waals surface area contributed by atoms with Crippen LogP contribution in [-0.2, 0) is 10.3 Å². The Kier molecular flexibility index (Phi) is 4.65. The molecule has 3 N–H and O–H groups in total. The van der Waals surface area contributed by atoms with E-state index in [1.165, 1.54) is 0 Å². The van der Waals surface area contributed by atoms with Crippen LogP contribution in [0.1, 0.15) is 57.6 Å². The predicted octanol–water partition coefficient (Wildman–Crippen LogP) is 2.47. The normalized spacial score (nSPS) is 12.0. The Morgan fingerprint density at radius 2 is 1.94 bits per heavy atom. The van der Waals surface area contributed by atoms with Gasteiger partial charge >= 0.3 is 0 Å². The van der Waals surface area contributed by atoms with E-state index in [0.29, 0.717) is 24.2 Å². The summed E-state index contributed by atoms with van der Waals surface area (Å²) in [5, 5.41) is 0. The zero-order valence-electron chi connectivity index (χ0n) is 12.2. The lowest BCUT2D eigenvalue weighted by molar-refractivity contribution is -0.0208. The predicted molar refractivity (Wildman–Crippen MR) is 73.3 cm³/mol. The van der Waals surface area contributed by atoms with Gasteiger partial charge in [0.05, 0.1) is 0 Å². The zero-order valence-corrected chi connectivity index (χ0v) is 12.2. The van der Waals surface area contributed by atoms with Crippen molar-refractivity contribution in [2.75, 3.05) is 12.0 Å². The number of hydrazine groups is 1. The summed E-state index contributed by atoms with van der Waals surface area (Å²) < 4.78 is 5.68. The molecule has 5 nitrogen and oxygen atoms in total. The van der Waals surface area contributed by atoms with Crippen LogP contribution < -0.4 is 11.3 Å². The highest BCUT2D eigenvalue weighted by molar-refractivity contribution is 5.47. The van der Waals surface area contributed by atoms with Crippen LogP contribution in [0.4, 0.5) is 5.82 Å². The number of hydrogen-bond donors (Lipinski definition) is 2. The fourth-order valence-corrected chi connectivity index (χ4v) is 2.08. The van der Waals surface area contributed by atoms with Gasteiger partial charge in [-0.05, 0) is 33.6 Å². The largest absolute Gasteiger partial charge is 0.368 e. The molecule has 0 aliphatic rings. The van der Waals surface area contributed by atoms with Gasteiger partial charge in [0.25, 0.3) is 0 Å². The number of aryl methyl sites for hydroxylation is 1. The second-order valence-corrected chi connectivity index (χ2v) is 5.14. The zero-order chi connectivity index (χ0) is 13.9. The van der Waals surface area contributed by atoms with Gasteiger partial charge in [-0.15, -0.1) is 0 Å². The summed E-state index contributed by atoms with van der Waals surface area (Å²) in [7, 11) is 0. The molecule has 0 aliphatic carbocycles. The number of ether oxygens (including phenoxy) is 1. The standard InChI is InChI=1S/C13H24N4O/c1-7-18-13(5,6)12-15-9(4)10(8(2)3)11(16-12)17-14/h8H,7,14H2,1-6H3,(H,15,16,17). The Bertz CT molecular complexity index is 416. The molecular weight excluding hydrogens is 228 g/mol. The summed E-state index contributed by atoms with van der Waals surface area (Å²) in [5.74, 6) is 7.21. The van der Waals surface area contributed by atoms with E-state index >= 15 is 0 Å². The van der Waals surface area contributed by atoms with Crippen molar-refractivity contribution in [2.45, 2.75) is 53.1 Å². The van der Waals surface area contributed by atoms with Crippen LogP contribution in [0.5, 0.6) is 0 Å². The third kappa shape index (κ3) is 2.97. The average Bonchev–Trinajstić information content (AvgIpc) is 2.27. The Labute approximate surface area is 109 Å². The van der Waals surface area contributed by atoms with Crippen LogP contribution in [-0.4, -0.2) is 16.6 Å². The van der Waals surface area contributed by atoms with Crippen LogP contribution in [0, 0.1) is 6.92 Å². The minimum absolute atomic E-state index is 0.320. The number of rotatable bonds is 5. The Hall–Kier alpha value is -1.20. The Morgan fingerprint density at radius 1 is 1.33 bits per heavy atom. The van der Waals surface area contributed by atoms with Crippen LogP contribution in [0.2, 0.25) is 0 Å². The first-order chi connectivity index (χ1) is 8.33. The number of hydrogen-bond acceptors (Lipinski definition) is 5. The first kappa shape index (κ1) is 14.9. The van der Waals surface area contributed by atoms with Gasteiger partial charge in [0, 0.05) is 17.9 Å². The van der Waals surface area contributed by atoms with Crippen molar-refractivity contribution >= 4 is 5.82 Å². The van der Waals surface area contributed by atoms with Crippen molar-refractivity contribution in [3.63, 3.8) is 0 Å². The molecule has 0 spiro atoms. The second-order valence-electron chi connectivity index (χ2n) is 5.14. The summed E-state index contributed by atoms with van der Waals surface area (Å²) in [6.07, 6.45) is 0. The third-order valence-electron chi connectivity index (χ3n) is 2.89. The van der Waals surface area contributed by atoms with E-state index < -0.39 is 5.60 Å². The van der Waals surface area contributed by atoms with Gasteiger partial charge < -0.3 is 10.2 Å². The molecule has 18 heavy (non-hydrogen) atoms. The highest BCUT2D eigenvalue weighted by Crippen LogP contribution is 2.29. The highest BCUT2D eigenvalue weighted by Gasteiger charge is 2.26. The van der Waals surface area contributed by atoms with Crippen LogP contribution in [0.3, 0.4) is 0 Å². The molecule has 0 aliphatic heterocycles. The van der Waals surface area contributed by atoms with Gasteiger partial charge in [0.2, 0.25) is 0 Å². The van der Waals surface area contributed by atoms with Gasteiger partial charge in [-0.3, -0.25) is 0 Å². The van der Waals surface area contributed by atoms with Crippen molar-refractivity contribution in [1.29, 1.82) is 0 Å². The summed E-state index contributed by atoms with van der Waals surface area (Å²) in [4.78, 5) is 9.05. The fourth-order valence-electron chi connectivity index (χ4n) is 2.08. The van der Waals surface area contributed by atoms with E-state index in [0.717, 1.165) is 11.3 Å². The third-order valence-corrected chi connectivity index (χ3v) is 2.89. The smallest absolute Gasteiger partial charge is 0.162 e. The molecule has 0 aromatic carbocycles. The Balaban J connectivity index is 3.30. The lowest BCUT2D eigenvalue weighted by atomic mass is 10.0. The summed E-state index contributed by atoms with van der Waals surface area (Å²) in [5.41, 5.74) is 4.14. The maximum atomic E-state index is 5.68. The number of nitrogen functional groups attached to an aromatic ring is 1. The molecule has 1 rings (SSSR count). The molecule has 1 aromatic rings. The first-order valence-corrected chi connectivity index (χ1v) is 6.33. The maximum Gasteiger partial charge on any atom is 0.162 e. The molecule has 0 atom stereocenters. The van der Waals surface area contributed by atoms with Crippen LogP contribution >= 0.6 is 0 Å². The molecule has 0 saturated carbocycles. The van der Waals surface area contributed by atoms with Gasteiger partial charge in [0.15, 0.2) is 5.82 Å². The van der Waals surface area contributed by atoms with Crippen LogP contribution in [0.25, 0.3) is 0 Å².